The number of hydrogen-bond donors (Lipinski definition) is 1. The van der Waals surface area contributed by atoms with Crippen LogP contribution < -0.4 is 9.62 Å². The largest absolute Gasteiger partial charge is 0.357 e. The average Bonchev–Trinajstić information content (AvgIpc) is 2.98. The van der Waals surface area contributed by atoms with Gasteiger partial charge in [-0.15, -0.1) is 0 Å². The van der Waals surface area contributed by atoms with Crippen LogP contribution in [0.1, 0.15) is 11.1 Å². The molecule has 4 rings (SSSR count). The number of nitrogens with one attached hydrogen (secondary N) is 1. The van der Waals surface area contributed by atoms with Crippen molar-refractivity contribution in [3.05, 3.63) is 129 Å². The Morgan fingerprint density at radius 1 is 0.762 bits per heavy atom. The molecule has 0 heterocycles. The number of amides is 2. The first kappa shape index (κ1) is 31.4. The Bertz CT molecular complexity index is 1620. The number of carbonyl (C=O) groups excluding carboxylic acids is 2. The van der Waals surface area contributed by atoms with Crippen molar-refractivity contribution in [1.82, 2.24) is 10.2 Å². The van der Waals surface area contributed by atoms with Gasteiger partial charge in [0.25, 0.3) is 10.0 Å². The molecule has 42 heavy (non-hydrogen) atoms. The molecule has 4 aromatic rings. The third-order valence-electron chi connectivity index (χ3n) is 6.53. The highest BCUT2D eigenvalue weighted by molar-refractivity contribution is 7.92. The van der Waals surface area contributed by atoms with Gasteiger partial charge in [-0.05, 0) is 53.6 Å². The molecule has 0 spiro atoms. The molecule has 0 saturated heterocycles. The van der Waals surface area contributed by atoms with Crippen molar-refractivity contribution in [2.45, 2.75) is 23.9 Å². The van der Waals surface area contributed by atoms with Gasteiger partial charge in [0.15, 0.2) is 0 Å². The summed E-state index contributed by atoms with van der Waals surface area (Å²) in [5.41, 5.74) is 1.64. The van der Waals surface area contributed by atoms with Gasteiger partial charge in [-0.25, -0.2) is 8.42 Å². The van der Waals surface area contributed by atoms with Crippen LogP contribution in [-0.4, -0.2) is 44.8 Å². The van der Waals surface area contributed by atoms with E-state index in [9.17, 15) is 18.0 Å². The summed E-state index contributed by atoms with van der Waals surface area (Å²) in [6, 6.07) is 27.3. The SMILES string of the molecule is CNC(=O)C(Cc1ccccc1)N(Cc1ccc(Cl)cc1)C(=O)CN(c1cc(Cl)cc(Cl)c1)S(=O)(=O)c1ccccc1. The lowest BCUT2D eigenvalue weighted by molar-refractivity contribution is -0.139. The number of likely N-dealkylation sites (N-methyl/N-ethyl adjacent to an activating group) is 1. The summed E-state index contributed by atoms with van der Waals surface area (Å²) >= 11 is 18.6. The fraction of sp³-hybridized carbons (Fsp3) is 0.161. The van der Waals surface area contributed by atoms with Crippen LogP contribution in [0.15, 0.2) is 108 Å². The molecule has 1 N–H and O–H groups in total. The molecule has 2 amide bonds. The van der Waals surface area contributed by atoms with Gasteiger partial charge in [-0.1, -0.05) is 95.5 Å². The summed E-state index contributed by atoms with van der Waals surface area (Å²) in [7, 11) is -2.76. The molecule has 0 bridgehead atoms. The van der Waals surface area contributed by atoms with E-state index in [4.69, 9.17) is 34.8 Å². The third kappa shape index (κ3) is 7.83. The molecular formula is C31H28Cl3N3O4S. The highest BCUT2D eigenvalue weighted by Gasteiger charge is 2.34. The summed E-state index contributed by atoms with van der Waals surface area (Å²) in [4.78, 5) is 28.9. The maximum absolute atomic E-state index is 14.2. The lowest BCUT2D eigenvalue weighted by Crippen LogP contribution is -2.53. The van der Waals surface area contributed by atoms with E-state index < -0.39 is 34.4 Å². The van der Waals surface area contributed by atoms with Gasteiger partial charge >= 0.3 is 0 Å². The molecule has 0 aliphatic carbocycles. The number of nitrogens with zero attached hydrogens (tertiary/aromatic N) is 2. The van der Waals surface area contributed by atoms with Crippen LogP contribution in [0.3, 0.4) is 0 Å². The summed E-state index contributed by atoms with van der Waals surface area (Å²) < 4.78 is 28.8. The number of sulfonamides is 1. The number of rotatable bonds is 11. The molecule has 0 aromatic heterocycles. The lowest BCUT2D eigenvalue weighted by atomic mass is 10.0. The number of hydrogen-bond acceptors (Lipinski definition) is 4. The molecule has 0 radical (unpaired) electrons. The van der Waals surface area contributed by atoms with Gasteiger partial charge < -0.3 is 10.2 Å². The number of halogens is 3. The minimum absolute atomic E-state index is 0.0229. The van der Waals surface area contributed by atoms with E-state index in [0.29, 0.717) is 10.6 Å². The predicted octanol–water partition coefficient (Wildman–Crippen LogP) is 6.23. The molecule has 1 atom stereocenters. The lowest BCUT2D eigenvalue weighted by Gasteiger charge is -2.33. The number of anilines is 1. The second-order valence-corrected chi connectivity index (χ2v) is 12.6. The van der Waals surface area contributed by atoms with E-state index in [1.54, 1.807) is 42.5 Å². The second-order valence-electron chi connectivity index (χ2n) is 9.42. The highest BCUT2D eigenvalue weighted by atomic mass is 35.5. The standard InChI is InChI=1S/C31H28Cl3N3O4S/c1-35-31(39)29(16-22-8-4-2-5-9-22)36(20-23-12-14-24(32)15-13-23)30(38)21-37(27-18-25(33)17-26(34)19-27)42(40,41)28-10-6-3-7-11-28/h2-15,17-19,29H,16,20-21H2,1H3,(H,35,39). The molecule has 7 nitrogen and oxygen atoms in total. The van der Waals surface area contributed by atoms with Crippen LogP contribution in [0.4, 0.5) is 5.69 Å². The Balaban J connectivity index is 1.80. The van der Waals surface area contributed by atoms with Crippen molar-refractivity contribution in [2.24, 2.45) is 0 Å². The smallest absolute Gasteiger partial charge is 0.264 e. The molecule has 0 fully saturated rings. The van der Waals surface area contributed by atoms with E-state index >= 15 is 0 Å². The summed E-state index contributed by atoms with van der Waals surface area (Å²) in [6.07, 6.45) is 0.203. The van der Waals surface area contributed by atoms with Crippen molar-refractivity contribution in [2.75, 3.05) is 17.9 Å². The topological polar surface area (TPSA) is 86.8 Å². The molecule has 1 unspecified atom stereocenters. The monoisotopic (exact) mass is 643 g/mol. The van der Waals surface area contributed by atoms with Crippen LogP contribution in [0.25, 0.3) is 0 Å². The number of benzene rings is 4. The van der Waals surface area contributed by atoms with Crippen molar-refractivity contribution in [3.8, 4) is 0 Å². The minimum atomic E-state index is -4.25. The van der Waals surface area contributed by atoms with Gasteiger partial charge in [-0.3, -0.25) is 13.9 Å². The van der Waals surface area contributed by atoms with Crippen LogP contribution in [-0.2, 0) is 32.6 Å². The Morgan fingerprint density at radius 2 is 1.33 bits per heavy atom. The Hall–Kier alpha value is -3.56. The Morgan fingerprint density at radius 3 is 1.90 bits per heavy atom. The zero-order valence-corrected chi connectivity index (χ0v) is 25.7. The first-order valence-corrected chi connectivity index (χ1v) is 15.5. The second kappa shape index (κ2) is 14.1. The fourth-order valence-electron chi connectivity index (χ4n) is 4.44. The van der Waals surface area contributed by atoms with Crippen molar-refractivity contribution in [1.29, 1.82) is 0 Å². The third-order valence-corrected chi connectivity index (χ3v) is 9.01. The van der Waals surface area contributed by atoms with Gasteiger partial charge in [0.1, 0.15) is 12.6 Å². The quantitative estimate of drug-likeness (QED) is 0.210. The maximum Gasteiger partial charge on any atom is 0.264 e. The first-order valence-electron chi connectivity index (χ1n) is 12.9. The fourth-order valence-corrected chi connectivity index (χ4v) is 6.50. The van der Waals surface area contributed by atoms with E-state index in [1.165, 1.54) is 42.3 Å². The van der Waals surface area contributed by atoms with Crippen LogP contribution >= 0.6 is 34.8 Å². The molecule has 0 aliphatic heterocycles. The van der Waals surface area contributed by atoms with Crippen molar-refractivity contribution >= 4 is 62.3 Å². The van der Waals surface area contributed by atoms with E-state index in [1.807, 2.05) is 30.3 Å². The average molecular weight is 645 g/mol. The van der Waals surface area contributed by atoms with Gasteiger partial charge in [0.2, 0.25) is 11.8 Å². The van der Waals surface area contributed by atoms with Crippen molar-refractivity contribution < 1.29 is 18.0 Å². The first-order chi connectivity index (χ1) is 20.1. The molecule has 0 saturated carbocycles. The van der Waals surface area contributed by atoms with Crippen LogP contribution in [0.2, 0.25) is 15.1 Å². The zero-order valence-electron chi connectivity index (χ0n) is 22.6. The summed E-state index contributed by atoms with van der Waals surface area (Å²) in [5.74, 6) is -1.01. The van der Waals surface area contributed by atoms with Crippen LogP contribution in [0, 0.1) is 0 Å². The van der Waals surface area contributed by atoms with Gasteiger partial charge in [-0.2, -0.15) is 0 Å². The molecule has 218 valence electrons. The number of carbonyl (C=O) groups is 2. The summed E-state index contributed by atoms with van der Waals surface area (Å²) in [5, 5.41) is 3.56. The van der Waals surface area contributed by atoms with E-state index in [0.717, 1.165) is 9.87 Å². The highest BCUT2D eigenvalue weighted by Crippen LogP contribution is 2.30. The normalized spacial score (nSPS) is 11.9. The van der Waals surface area contributed by atoms with Gasteiger partial charge in [0.05, 0.1) is 10.6 Å². The molecule has 0 aliphatic rings. The predicted molar refractivity (Wildman–Crippen MR) is 167 cm³/mol. The van der Waals surface area contributed by atoms with Crippen LogP contribution in [0.5, 0.6) is 0 Å². The van der Waals surface area contributed by atoms with E-state index in [-0.39, 0.29) is 33.6 Å². The zero-order chi connectivity index (χ0) is 30.3. The van der Waals surface area contributed by atoms with E-state index in [2.05, 4.69) is 5.32 Å². The van der Waals surface area contributed by atoms with Crippen molar-refractivity contribution in [3.63, 3.8) is 0 Å². The molecule has 4 aromatic carbocycles. The summed E-state index contributed by atoms with van der Waals surface area (Å²) in [6.45, 7) is -0.597. The molecular weight excluding hydrogens is 617 g/mol. The molecule has 11 heteroatoms. The Labute approximate surface area is 260 Å². The van der Waals surface area contributed by atoms with Gasteiger partial charge in [0, 0.05) is 35.1 Å². The Kier molecular flexibility index (Phi) is 10.5. The maximum atomic E-state index is 14.2. The minimum Gasteiger partial charge on any atom is -0.357 e.